The van der Waals surface area contributed by atoms with Crippen LogP contribution in [-0.4, -0.2) is 22.7 Å². The smallest absolute Gasteiger partial charge is 0.259 e. The number of hydrogen-bond donors (Lipinski definition) is 3. The van der Waals surface area contributed by atoms with Crippen molar-refractivity contribution in [1.82, 2.24) is 0 Å². The van der Waals surface area contributed by atoms with Crippen molar-refractivity contribution in [2.45, 2.75) is 0 Å². The summed E-state index contributed by atoms with van der Waals surface area (Å²) in [6.07, 6.45) is 0. The molecule has 0 unspecified atom stereocenters. The lowest BCUT2D eigenvalue weighted by molar-refractivity contribution is 0.102. The van der Waals surface area contributed by atoms with Gasteiger partial charge in [0, 0.05) is 5.69 Å². The summed E-state index contributed by atoms with van der Waals surface area (Å²) in [5.74, 6) is 3.50. The lowest BCUT2D eigenvalue weighted by atomic mass is 10.1. The zero-order chi connectivity index (χ0) is 15.2. The van der Waals surface area contributed by atoms with E-state index in [9.17, 15) is 14.3 Å². The second-order valence-electron chi connectivity index (χ2n) is 4.13. The molecule has 0 bridgehead atoms. The Hall–Kier alpha value is -2.84. The number of carbonyl (C=O) groups excluding carboxylic acids is 1. The van der Waals surface area contributed by atoms with Crippen molar-refractivity contribution in [1.29, 1.82) is 0 Å². The SMILES string of the molecule is O=C(Nc1ccc(C#CCO)c(F)c1)c1ccccc1O. The van der Waals surface area contributed by atoms with Gasteiger partial charge in [-0.15, -0.1) is 0 Å². The van der Waals surface area contributed by atoms with Gasteiger partial charge in [-0.05, 0) is 30.3 Å². The molecule has 1 amide bonds. The largest absolute Gasteiger partial charge is 0.507 e. The van der Waals surface area contributed by atoms with Crippen molar-refractivity contribution in [3.63, 3.8) is 0 Å². The minimum atomic E-state index is -0.606. The molecule has 0 atom stereocenters. The van der Waals surface area contributed by atoms with Gasteiger partial charge in [0.05, 0.1) is 11.1 Å². The van der Waals surface area contributed by atoms with E-state index in [1.165, 1.54) is 24.3 Å². The fraction of sp³-hybridized carbons (Fsp3) is 0.0625. The summed E-state index contributed by atoms with van der Waals surface area (Å²) in [4.78, 5) is 11.9. The third kappa shape index (κ3) is 3.59. The number of amides is 1. The van der Waals surface area contributed by atoms with Gasteiger partial charge < -0.3 is 15.5 Å². The topological polar surface area (TPSA) is 69.6 Å². The van der Waals surface area contributed by atoms with Crippen LogP contribution in [0.3, 0.4) is 0 Å². The minimum Gasteiger partial charge on any atom is -0.507 e. The maximum absolute atomic E-state index is 13.7. The first-order chi connectivity index (χ1) is 10.1. The van der Waals surface area contributed by atoms with E-state index in [0.29, 0.717) is 0 Å². The number of nitrogens with one attached hydrogen (secondary N) is 1. The van der Waals surface area contributed by atoms with Crippen molar-refractivity contribution in [2.24, 2.45) is 0 Å². The molecule has 106 valence electrons. The van der Waals surface area contributed by atoms with Gasteiger partial charge >= 0.3 is 0 Å². The van der Waals surface area contributed by atoms with E-state index in [1.807, 2.05) is 0 Å². The quantitative estimate of drug-likeness (QED) is 0.740. The molecule has 0 aliphatic carbocycles. The predicted octanol–water partition coefficient (Wildman–Crippen LogP) is 2.13. The van der Waals surface area contributed by atoms with Gasteiger partial charge in [-0.2, -0.15) is 0 Å². The number of rotatable bonds is 2. The summed E-state index contributed by atoms with van der Waals surface area (Å²) in [6, 6.07) is 10.1. The maximum atomic E-state index is 13.7. The number of phenolic OH excluding ortho intramolecular Hbond substituents is 1. The van der Waals surface area contributed by atoms with E-state index in [4.69, 9.17) is 5.11 Å². The molecule has 21 heavy (non-hydrogen) atoms. The summed E-state index contributed by atoms with van der Waals surface area (Å²) >= 11 is 0. The standard InChI is InChI=1S/C16H12FNO3/c17-14-10-12(8-7-11(14)4-3-9-19)18-16(21)13-5-1-2-6-15(13)20/h1-2,5-8,10,19-20H,9H2,(H,18,21). The van der Waals surface area contributed by atoms with E-state index in [0.717, 1.165) is 6.07 Å². The second kappa shape index (κ2) is 6.55. The summed E-state index contributed by atoms with van der Waals surface area (Å²) < 4.78 is 13.7. The number of para-hydroxylation sites is 1. The van der Waals surface area contributed by atoms with Crippen LogP contribution in [0.15, 0.2) is 42.5 Å². The fourth-order valence-electron chi connectivity index (χ4n) is 1.69. The molecule has 4 nitrogen and oxygen atoms in total. The lowest BCUT2D eigenvalue weighted by Gasteiger charge is -2.07. The summed E-state index contributed by atoms with van der Waals surface area (Å²) in [5, 5.41) is 20.6. The molecule has 2 aromatic carbocycles. The number of aliphatic hydroxyl groups excluding tert-OH is 1. The predicted molar refractivity (Wildman–Crippen MR) is 76.4 cm³/mol. The number of aromatic hydroxyl groups is 1. The van der Waals surface area contributed by atoms with Gasteiger partial charge in [0.2, 0.25) is 0 Å². The zero-order valence-corrected chi connectivity index (χ0v) is 10.9. The van der Waals surface area contributed by atoms with Gasteiger partial charge in [0.1, 0.15) is 18.2 Å². The Morgan fingerprint density at radius 3 is 2.67 bits per heavy atom. The maximum Gasteiger partial charge on any atom is 0.259 e. The van der Waals surface area contributed by atoms with E-state index < -0.39 is 11.7 Å². The van der Waals surface area contributed by atoms with Crippen LogP contribution in [0.1, 0.15) is 15.9 Å². The molecule has 0 fully saturated rings. The van der Waals surface area contributed by atoms with Crippen LogP contribution in [0.4, 0.5) is 10.1 Å². The molecule has 0 aliphatic rings. The normalized spacial score (nSPS) is 9.62. The number of halogens is 1. The van der Waals surface area contributed by atoms with Gasteiger partial charge in [0.15, 0.2) is 0 Å². The molecule has 0 aliphatic heterocycles. The highest BCUT2D eigenvalue weighted by atomic mass is 19.1. The molecule has 3 N–H and O–H groups in total. The summed E-state index contributed by atoms with van der Waals surface area (Å²) in [5.41, 5.74) is 0.474. The van der Waals surface area contributed by atoms with E-state index >= 15 is 0 Å². The van der Waals surface area contributed by atoms with Gasteiger partial charge in [-0.3, -0.25) is 4.79 Å². The van der Waals surface area contributed by atoms with Crippen LogP contribution in [-0.2, 0) is 0 Å². The van der Waals surface area contributed by atoms with E-state index in [2.05, 4.69) is 17.2 Å². The lowest BCUT2D eigenvalue weighted by Crippen LogP contribution is -2.12. The molecular weight excluding hydrogens is 273 g/mol. The number of benzene rings is 2. The molecule has 0 heterocycles. The summed E-state index contributed by atoms with van der Waals surface area (Å²) in [6.45, 7) is -0.356. The van der Waals surface area contributed by atoms with Crippen LogP contribution in [0.25, 0.3) is 0 Å². The van der Waals surface area contributed by atoms with Crippen molar-refractivity contribution in [3.8, 4) is 17.6 Å². The highest BCUT2D eigenvalue weighted by molar-refractivity contribution is 6.06. The minimum absolute atomic E-state index is 0.0991. The molecule has 0 spiro atoms. The van der Waals surface area contributed by atoms with Crippen LogP contribution in [0.5, 0.6) is 5.75 Å². The highest BCUT2D eigenvalue weighted by Crippen LogP contribution is 2.19. The Morgan fingerprint density at radius 1 is 1.24 bits per heavy atom. The molecule has 0 radical (unpaired) electrons. The average molecular weight is 285 g/mol. The Morgan fingerprint density at radius 2 is 2.00 bits per heavy atom. The first-order valence-corrected chi connectivity index (χ1v) is 6.10. The Labute approximate surface area is 120 Å². The number of aliphatic hydroxyl groups is 1. The third-order valence-electron chi connectivity index (χ3n) is 2.68. The summed E-state index contributed by atoms with van der Waals surface area (Å²) in [7, 11) is 0. The van der Waals surface area contributed by atoms with Crippen LogP contribution < -0.4 is 5.32 Å². The first-order valence-electron chi connectivity index (χ1n) is 6.10. The molecule has 0 saturated heterocycles. The fourth-order valence-corrected chi connectivity index (χ4v) is 1.69. The second-order valence-corrected chi connectivity index (χ2v) is 4.13. The van der Waals surface area contributed by atoms with E-state index in [1.54, 1.807) is 12.1 Å². The Kier molecular flexibility index (Phi) is 4.54. The monoisotopic (exact) mass is 285 g/mol. The van der Waals surface area contributed by atoms with Crippen molar-refractivity contribution in [2.75, 3.05) is 11.9 Å². The number of anilines is 1. The number of hydrogen-bond acceptors (Lipinski definition) is 3. The molecule has 0 saturated carbocycles. The number of carbonyl (C=O) groups is 1. The Bertz CT molecular complexity index is 732. The van der Waals surface area contributed by atoms with Crippen LogP contribution in [0.2, 0.25) is 0 Å². The zero-order valence-electron chi connectivity index (χ0n) is 10.9. The molecule has 2 aromatic rings. The molecule has 5 heteroatoms. The van der Waals surface area contributed by atoms with Gasteiger partial charge in [0.25, 0.3) is 5.91 Å². The highest BCUT2D eigenvalue weighted by Gasteiger charge is 2.11. The van der Waals surface area contributed by atoms with Crippen LogP contribution in [0, 0.1) is 17.7 Å². The number of phenols is 1. The van der Waals surface area contributed by atoms with Crippen LogP contribution >= 0.6 is 0 Å². The molecular formula is C16H12FNO3. The van der Waals surface area contributed by atoms with Gasteiger partial charge in [-0.1, -0.05) is 24.0 Å². The molecule has 2 rings (SSSR count). The molecule has 0 aromatic heterocycles. The van der Waals surface area contributed by atoms with Crippen molar-refractivity contribution in [3.05, 3.63) is 59.4 Å². The third-order valence-corrected chi connectivity index (χ3v) is 2.68. The van der Waals surface area contributed by atoms with Crippen molar-refractivity contribution >= 4 is 11.6 Å². The van der Waals surface area contributed by atoms with Crippen molar-refractivity contribution < 1.29 is 19.4 Å². The average Bonchev–Trinajstić information content (AvgIpc) is 2.47. The first kappa shape index (κ1) is 14.6. The van der Waals surface area contributed by atoms with E-state index in [-0.39, 0.29) is 29.2 Å². The Balaban J connectivity index is 2.19. The van der Waals surface area contributed by atoms with Gasteiger partial charge in [-0.25, -0.2) is 4.39 Å².